The number of sulfone groups is 1. The van der Waals surface area contributed by atoms with Crippen LogP contribution >= 0.6 is 0 Å². The third-order valence-electron chi connectivity index (χ3n) is 4.58. The molecular weight excluding hydrogens is 312 g/mol. The van der Waals surface area contributed by atoms with Gasteiger partial charge in [-0.2, -0.15) is 5.26 Å². The van der Waals surface area contributed by atoms with Gasteiger partial charge >= 0.3 is 0 Å². The minimum absolute atomic E-state index is 0.308. The maximum absolute atomic E-state index is 11.4. The molecule has 1 aliphatic heterocycles. The van der Waals surface area contributed by atoms with Crippen molar-refractivity contribution in [1.82, 2.24) is 4.90 Å². The van der Waals surface area contributed by atoms with Crippen LogP contribution in [0.4, 0.5) is 0 Å². The predicted octanol–water partition coefficient (Wildman–Crippen LogP) is 2.69. The zero-order valence-corrected chi connectivity index (χ0v) is 14.6. The molecule has 23 heavy (non-hydrogen) atoms. The lowest BCUT2D eigenvalue weighted by atomic mass is 9.84. The molecule has 0 spiro atoms. The normalized spacial score (nSPS) is 17.5. The van der Waals surface area contributed by atoms with Gasteiger partial charge in [0, 0.05) is 19.3 Å². The summed E-state index contributed by atoms with van der Waals surface area (Å²) in [6, 6.07) is 6.55. The number of piperidine rings is 1. The van der Waals surface area contributed by atoms with Gasteiger partial charge in [0.1, 0.15) is 5.75 Å². The van der Waals surface area contributed by atoms with Gasteiger partial charge in [-0.15, -0.1) is 0 Å². The molecule has 1 fully saturated rings. The van der Waals surface area contributed by atoms with Crippen LogP contribution in [0.2, 0.25) is 0 Å². The Balaban J connectivity index is 1.75. The maximum Gasteiger partial charge on any atom is 0.179 e. The van der Waals surface area contributed by atoms with Crippen LogP contribution < -0.4 is 4.74 Å². The van der Waals surface area contributed by atoms with Gasteiger partial charge in [-0.05, 0) is 55.4 Å². The van der Waals surface area contributed by atoms with Crippen molar-refractivity contribution in [2.45, 2.75) is 31.1 Å². The SMILES string of the molecule is C[C@H](CCOc1ccc(S(C)(=O)=O)cc1)C1CCN(C#N)CC1. The molecule has 5 nitrogen and oxygen atoms in total. The molecule has 126 valence electrons. The van der Waals surface area contributed by atoms with E-state index in [2.05, 4.69) is 13.1 Å². The molecule has 0 aromatic heterocycles. The fourth-order valence-corrected chi connectivity index (χ4v) is 3.58. The Kier molecular flexibility index (Phi) is 5.89. The van der Waals surface area contributed by atoms with E-state index in [-0.39, 0.29) is 0 Å². The van der Waals surface area contributed by atoms with Crippen LogP contribution in [0.15, 0.2) is 29.2 Å². The van der Waals surface area contributed by atoms with Gasteiger partial charge in [0.25, 0.3) is 0 Å². The van der Waals surface area contributed by atoms with E-state index < -0.39 is 9.84 Å². The molecule has 1 aromatic carbocycles. The number of nitrogens with zero attached hydrogens (tertiary/aromatic N) is 2. The summed E-state index contributed by atoms with van der Waals surface area (Å²) in [6.07, 6.45) is 6.50. The number of likely N-dealkylation sites (tertiary alicyclic amines) is 1. The van der Waals surface area contributed by atoms with Gasteiger partial charge in [-0.25, -0.2) is 8.42 Å². The molecule has 0 saturated carbocycles. The average molecular weight is 336 g/mol. The van der Waals surface area contributed by atoms with Crippen molar-refractivity contribution in [3.05, 3.63) is 24.3 Å². The Morgan fingerprint density at radius 3 is 2.43 bits per heavy atom. The number of hydrogen-bond acceptors (Lipinski definition) is 5. The molecule has 1 aliphatic rings. The molecule has 0 bridgehead atoms. The molecule has 1 heterocycles. The minimum Gasteiger partial charge on any atom is -0.494 e. The Bertz CT molecular complexity index is 641. The molecule has 0 amide bonds. The van der Waals surface area contributed by atoms with E-state index in [1.165, 1.54) is 6.26 Å². The van der Waals surface area contributed by atoms with E-state index >= 15 is 0 Å². The second-order valence-corrected chi connectivity index (χ2v) is 8.30. The Labute approximate surface area is 138 Å². The highest BCUT2D eigenvalue weighted by Gasteiger charge is 2.23. The largest absolute Gasteiger partial charge is 0.494 e. The summed E-state index contributed by atoms with van der Waals surface area (Å²) in [4.78, 5) is 2.13. The van der Waals surface area contributed by atoms with E-state index in [9.17, 15) is 8.42 Å². The fraction of sp³-hybridized carbons (Fsp3) is 0.588. The number of nitriles is 1. The molecule has 0 unspecified atom stereocenters. The lowest BCUT2D eigenvalue weighted by molar-refractivity contribution is 0.175. The molecule has 2 rings (SSSR count). The molecule has 0 radical (unpaired) electrons. The average Bonchev–Trinajstić information content (AvgIpc) is 2.54. The van der Waals surface area contributed by atoms with E-state index in [0.29, 0.717) is 29.1 Å². The number of rotatable bonds is 6. The summed E-state index contributed by atoms with van der Waals surface area (Å²) < 4.78 is 28.5. The van der Waals surface area contributed by atoms with Gasteiger partial charge < -0.3 is 9.64 Å². The highest BCUT2D eigenvalue weighted by molar-refractivity contribution is 7.90. The van der Waals surface area contributed by atoms with Crippen molar-refractivity contribution in [3.63, 3.8) is 0 Å². The lowest BCUT2D eigenvalue weighted by Crippen LogP contribution is -2.32. The van der Waals surface area contributed by atoms with Crippen molar-refractivity contribution >= 4 is 9.84 Å². The van der Waals surface area contributed by atoms with Crippen LogP contribution in [-0.2, 0) is 9.84 Å². The maximum atomic E-state index is 11.4. The van der Waals surface area contributed by atoms with Gasteiger partial charge in [-0.1, -0.05) is 6.92 Å². The van der Waals surface area contributed by atoms with Crippen molar-refractivity contribution in [2.24, 2.45) is 11.8 Å². The van der Waals surface area contributed by atoms with Crippen molar-refractivity contribution in [2.75, 3.05) is 26.0 Å². The topological polar surface area (TPSA) is 70.4 Å². The Morgan fingerprint density at radius 2 is 1.91 bits per heavy atom. The summed E-state index contributed by atoms with van der Waals surface area (Å²) in [5.41, 5.74) is 0. The zero-order chi connectivity index (χ0) is 16.9. The van der Waals surface area contributed by atoms with Crippen molar-refractivity contribution < 1.29 is 13.2 Å². The number of hydrogen-bond donors (Lipinski definition) is 0. The molecule has 0 N–H and O–H groups in total. The van der Waals surface area contributed by atoms with Gasteiger partial charge in [-0.3, -0.25) is 0 Å². The van der Waals surface area contributed by atoms with Crippen LogP contribution in [0.3, 0.4) is 0 Å². The number of benzene rings is 1. The summed E-state index contributed by atoms with van der Waals surface area (Å²) >= 11 is 0. The van der Waals surface area contributed by atoms with Crippen LogP contribution in [0.1, 0.15) is 26.2 Å². The second kappa shape index (κ2) is 7.69. The standard InChI is InChI=1S/C17H24N2O3S/c1-14(15-7-10-19(13-18)11-8-15)9-12-22-16-3-5-17(6-4-16)23(2,20)21/h3-6,14-15H,7-12H2,1-2H3/t14-/m1/s1. The van der Waals surface area contributed by atoms with Crippen LogP contribution in [0, 0.1) is 23.3 Å². The monoisotopic (exact) mass is 336 g/mol. The van der Waals surface area contributed by atoms with Gasteiger partial charge in [0.05, 0.1) is 11.5 Å². The van der Waals surface area contributed by atoms with Gasteiger partial charge in [0.15, 0.2) is 16.0 Å². The summed E-state index contributed by atoms with van der Waals surface area (Å²) in [6.45, 7) is 4.58. The fourth-order valence-electron chi connectivity index (χ4n) is 2.95. The number of ether oxygens (including phenoxy) is 1. The predicted molar refractivity (Wildman–Crippen MR) is 88.7 cm³/mol. The first-order chi connectivity index (χ1) is 10.9. The van der Waals surface area contributed by atoms with E-state index in [1.807, 2.05) is 4.90 Å². The first-order valence-electron chi connectivity index (χ1n) is 7.97. The zero-order valence-electron chi connectivity index (χ0n) is 13.7. The van der Waals surface area contributed by atoms with Gasteiger partial charge in [0.2, 0.25) is 0 Å². The first-order valence-corrected chi connectivity index (χ1v) is 9.87. The molecule has 1 aromatic rings. The molecule has 1 saturated heterocycles. The van der Waals surface area contributed by atoms with Crippen LogP contribution in [0.25, 0.3) is 0 Å². The minimum atomic E-state index is -3.16. The van der Waals surface area contributed by atoms with Crippen molar-refractivity contribution in [3.8, 4) is 11.9 Å². The molecule has 1 atom stereocenters. The van der Waals surface area contributed by atoms with E-state index in [1.54, 1.807) is 24.3 Å². The first kappa shape index (κ1) is 17.6. The summed E-state index contributed by atoms with van der Waals surface area (Å²) in [5.74, 6) is 1.91. The third kappa shape index (κ3) is 5.14. The van der Waals surface area contributed by atoms with Crippen LogP contribution in [-0.4, -0.2) is 39.3 Å². The summed E-state index contributed by atoms with van der Waals surface area (Å²) in [7, 11) is -3.16. The summed E-state index contributed by atoms with van der Waals surface area (Å²) in [5, 5.41) is 8.87. The lowest BCUT2D eigenvalue weighted by Gasteiger charge is -2.32. The van der Waals surface area contributed by atoms with E-state index in [4.69, 9.17) is 10.00 Å². The van der Waals surface area contributed by atoms with Crippen LogP contribution in [0.5, 0.6) is 5.75 Å². The molecule has 0 aliphatic carbocycles. The molecule has 6 heteroatoms. The molecular formula is C17H24N2O3S. The Hall–Kier alpha value is -1.74. The quantitative estimate of drug-likeness (QED) is 0.747. The van der Waals surface area contributed by atoms with Crippen molar-refractivity contribution in [1.29, 1.82) is 5.26 Å². The highest BCUT2D eigenvalue weighted by atomic mass is 32.2. The smallest absolute Gasteiger partial charge is 0.179 e. The Morgan fingerprint density at radius 1 is 1.30 bits per heavy atom. The van der Waals surface area contributed by atoms with E-state index in [0.717, 1.165) is 32.4 Å². The second-order valence-electron chi connectivity index (χ2n) is 6.28. The third-order valence-corrected chi connectivity index (χ3v) is 5.71. The highest BCUT2D eigenvalue weighted by Crippen LogP contribution is 2.27.